The van der Waals surface area contributed by atoms with Crippen molar-refractivity contribution in [2.75, 3.05) is 46.0 Å². The van der Waals surface area contributed by atoms with Gasteiger partial charge in [-0.1, -0.05) is 13.8 Å². The second-order valence-electron chi connectivity index (χ2n) is 7.92. The first-order valence-electron chi connectivity index (χ1n) is 11.0. The Balaban J connectivity index is 0.00000392. The molecule has 2 heterocycles. The third kappa shape index (κ3) is 9.13. The predicted molar refractivity (Wildman–Crippen MR) is 126 cm³/mol. The van der Waals surface area contributed by atoms with Gasteiger partial charge in [-0.2, -0.15) is 0 Å². The number of hydrogen-bond acceptors (Lipinski definition) is 4. The van der Waals surface area contributed by atoms with Crippen molar-refractivity contribution in [2.45, 2.75) is 78.1 Å². The Bertz CT molecular complexity index is 423. The molecule has 2 rings (SSSR count). The molecule has 0 aliphatic carbocycles. The van der Waals surface area contributed by atoms with Crippen LogP contribution >= 0.6 is 24.0 Å². The van der Waals surface area contributed by atoms with E-state index in [2.05, 4.69) is 37.9 Å². The highest BCUT2D eigenvalue weighted by molar-refractivity contribution is 14.0. The maximum Gasteiger partial charge on any atom is 0.193 e. The van der Waals surface area contributed by atoms with Crippen molar-refractivity contribution < 1.29 is 14.2 Å². The van der Waals surface area contributed by atoms with Gasteiger partial charge in [-0.15, -0.1) is 24.0 Å². The van der Waals surface area contributed by atoms with Crippen molar-refractivity contribution in [1.29, 1.82) is 0 Å². The number of halogens is 1. The van der Waals surface area contributed by atoms with Gasteiger partial charge in [-0.3, -0.25) is 4.99 Å². The molecular weight excluding hydrogens is 469 g/mol. The summed E-state index contributed by atoms with van der Waals surface area (Å²) in [7, 11) is 0. The molecule has 2 atom stereocenters. The predicted octanol–water partition coefficient (Wildman–Crippen LogP) is 3.68. The van der Waals surface area contributed by atoms with Crippen LogP contribution in [-0.4, -0.2) is 75.2 Å². The zero-order valence-corrected chi connectivity index (χ0v) is 20.7. The molecule has 0 radical (unpaired) electrons. The number of nitrogens with zero attached hydrogens (tertiary/aromatic N) is 2. The van der Waals surface area contributed by atoms with E-state index in [9.17, 15) is 0 Å². The Labute approximate surface area is 189 Å². The van der Waals surface area contributed by atoms with Crippen LogP contribution < -0.4 is 5.32 Å². The van der Waals surface area contributed by atoms with Gasteiger partial charge < -0.3 is 24.4 Å². The third-order valence-corrected chi connectivity index (χ3v) is 5.42. The highest BCUT2D eigenvalue weighted by Crippen LogP contribution is 2.18. The average molecular weight is 511 g/mol. The minimum atomic E-state index is 0. The van der Waals surface area contributed by atoms with Crippen LogP contribution in [0.4, 0.5) is 0 Å². The van der Waals surface area contributed by atoms with Gasteiger partial charge in [0.25, 0.3) is 0 Å². The summed E-state index contributed by atoms with van der Waals surface area (Å²) in [5.74, 6) is 1.56. The van der Waals surface area contributed by atoms with E-state index in [0.717, 1.165) is 77.6 Å². The van der Waals surface area contributed by atoms with E-state index in [1.165, 1.54) is 6.42 Å². The van der Waals surface area contributed by atoms with Crippen LogP contribution in [-0.2, 0) is 14.2 Å². The highest BCUT2D eigenvalue weighted by Gasteiger charge is 2.24. The standard InChI is InChI=1S/C21H41N3O3.HI/c1-5-22-21(23-12-9-20(17(3)4)25-6-2)24-13-10-18(11-14-24)27-16-19-8-7-15-26-19;/h17-20H,5-16H2,1-4H3,(H,22,23);1H. The summed E-state index contributed by atoms with van der Waals surface area (Å²) in [6, 6.07) is 0. The molecule has 2 fully saturated rings. The van der Waals surface area contributed by atoms with Gasteiger partial charge in [0, 0.05) is 39.4 Å². The number of rotatable bonds is 10. The monoisotopic (exact) mass is 511 g/mol. The van der Waals surface area contributed by atoms with E-state index in [-0.39, 0.29) is 24.0 Å². The van der Waals surface area contributed by atoms with Gasteiger partial charge in [-0.25, -0.2) is 0 Å². The lowest BCUT2D eigenvalue weighted by Crippen LogP contribution is -2.47. The van der Waals surface area contributed by atoms with E-state index in [1.54, 1.807) is 0 Å². The van der Waals surface area contributed by atoms with Crippen molar-refractivity contribution in [2.24, 2.45) is 10.9 Å². The number of aliphatic imine (C=N–C) groups is 1. The minimum Gasteiger partial charge on any atom is -0.378 e. The summed E-state index contributed by atoms with van der Waals surface area (Å²) in [6.45, 7) is 14.8. The molecule has 2 aliphatic heterocycles. The zero-order valence-electron chi connectivity index (χ0n) is 18.3. The number of hydrogen-bond donors (Lipinski definition) is 1. The summed E-state index contributed by atoms with van der Waals surface area (Å²) in [5, 5.41) is 3.45. The van der Waals surface area contributed by atoms with E-state index >= 15 is 0 Å². The summed E-state index contributed by atoms with van der Waals surface area (Å²) in [5.41, 5.74) is 0. The van der Waals surface area contributed by atoms with Gasteiger partial charge in [0.15, 0.2) is 5.96 Å². The lowest BCUT2D eigenvalue weighted by atomic mass is 10.0. The van der Waals surface area contributed by atoms with Crippen molar-refractivity contribution in [3.63, 3.8) is 0 Å². The van der Waals surface area contributed by atoms with Crippen LogP contribution in [0.5, 0.6) is 0 Å². The molecule has 2 saturated heterocycles. The first-order chi connectivity index (χ1) is 13.1. The van der Waals surface area contributed by atoms with Crippen molar-refractivity contribution in [1.82, 2.24) is 10.2 Å². The second kappa shape index (κ2) is 14.8. The fraction of sp³-hybridized carbons (Fsp3) is 0.952. The molecule has 0 spiro atoms. The van der Waals surface area contributed by atoms with Gasteiger partial charge in [0.1, 0.15) is 0 Å². The molecule has 0 aromatic carbocycles. The normalized spacial score (nSPS) is 22.4. The Hall–Kier alpha value is -0.120. The average Bonchev–Trinajstić information content (AvgIpc) is 3.19. The number of nitrogens with one attached hydrogen (secondary N) is 1. The molecule has 28 heavy (non-hydrogen) atoms. The largest absolute Gasteiger partial charge is 0.378 e. The third-order valence-electron chi connectivity index (χ3n) is 5.42. The van der Waals surface area contributed by atoms with Crippen molar-refractivity contribution in [3.05, 3.63) is 0 Å². The molecule has 0 amide bonds. The summed E-state index contributed by atoms with van der Waals surface area (Å²) < 4.78 is 17.6. The minimum absolute atomic E-state index is 0. The van der Waals surface area contributed by atoms with Gasteiger partial charge in [0.2, 0.25) is 0 Å². The van der Waals surface area contributed by atoms with Crippen LogP contribution in [0, 0.1) is 5.92 Å². The summed E-state index contributed by atoms with van der Waals surface area (Å²) in [6.07, 6.45) is 6.39. The SMILES string of the molecule is CCNC(=NCCC(OCC)C(C)C)N1CCC(OCC2CCCO2)CC1.I. The molecule has 1 N–H and O–H groups in total. The van der Waals surface area contributed by atoms with Crippen LogP contribution in [0.1, 0.15) is 59.8 Å². The van der Waals surface area contributed by atoms with Crippen molar-refractivity contribution >= 4 is 29.9 Å². The molecule has 7 heteroatoms. The molecule has 6 nitrogen and oxygen atoms in total. The Kier molecular flexibility index (Phi) is 13.7. The summed E-state index contributed by atoms with van der Waals surface area (Å²) >= 11 is 0. The van der Waals surface area contributed by atoms with Crippen LogP contribution in [0.2, 0.25) is 0 Å². The maximum absolute atomic E-state index is 6.09. The highest BCUT2D eigenvalue weighted by atomic mass is 127. The number of likely N-dealkylation sites (tertiary alicyclic amines) is 1. The molecule has 0 saturated carbocycles. The molecular formula is C21H42IN3O3. The molecule has 0 aromatic heterocycles. The Morgan fingerprint density at radius 3 is 2.54 bits per heavy atom. The first kappa shape index (κ1) is 25.9. The second-order valence-corrected chi connectivity index (χ2v) is 7.92. The fourth-order valence-electron chi connectivity index (χ4n) is 3.80. The van der Waals surface area contributed by atoms with Crippen LogP contribution in [0.3, 0.4) is 0 Å². The van der Waals surface area contributed by atoms with Crippen LogP contribution in [0.15, 0.2) is 4.99 Å². The van der Waals surface area contributed by atoms with Crippen molar-refractivity contribution in [3.8, 4) is 0 Å². The van der Waals surface area contributed by atoms with Crippen LogP contribution in [0.25, 0.3) is 0 Å². The molecule has 2 unspecified atom stereocenters. The van der Waals surface area contributed by atoms with E-state index in [1.807, 2.05) is 0 Å². The number of piperidine rings is 1. The molecule has 0 bridgehead atoms. The number of guanidine groups is 1. The topological polar surface area (TPSA) is 55.3 Å². The Morgan fingerprint density at radius 1 is 1.21 bits per heavy atom. The van der Waals surface area contributed by atoms with E-state index in [0.29, 0.717) is 24.2 Å². The molecule has 0 aromatic rings. The smallest absolute Gasteiger partial charge is 0.193 e. The van der Waals surface area contributed by atoms with Gasteiger partial charge >= 0.3 is 0 Å². The number of ether oxygens (including phenoxy) is 3. The lowest BCUT2D eigenvalue weighted by molar-refractivity contribution is -0.0367. The first-order valence-corrected chi connectivity index (χ1v) is 11.0. The van der Waals surface area contributed by atoms with E-state index in [4.69, 9.17) is 19.2 Å². The quantitative estimate of drug-likeness (QED) is 0.276. The molecule has 166 valence electrons. The maximum atomic E-state index is 6.09. The van der Waals surface area contributed by atoms with Gasteiger partial charge in [-0.05, 0) is 51.9 Å². The van der Waals surface area contributed by atoms with E-state index < -0.39 is 0 Å². The lowest BCUT2D eigenvalue weighted by Gasteiger charge is -2.34. The molecule has 2 aliphatic rings. The van der Waals surface area contributed by atoms with Gasteiger partial charge in [0.05, 0.1) is 24.9 Å². The Morgan fingerprint density at radius 2 is 1.96 bits per heavy atom. The summed E-state index contributed by atoms with van der Waals surface area (Å²) in [4.78, 5) is 7.24. The zero-order chi connectivity index (χ0) is 19.5. The fourth-order valence-corrected chi connectivity index (χ4v) is 3.80.